The standard InChI is InChI=1S/C12H8Cl3F3N2O2S2/c1-2-24(21,22)20-8-3-5(6(13)4-7(8)14)10-9(15)11(23-19-10)12(16,17)18/h3-4,20H,2H2,1H3. The molecule has 1 N–H and O–H groups in total. The second-order valence-corrected chi connectivity index (χ2v) is 8.47. The molecule has 0 radical (unpaired) electrons. The van der Waals surface area contributed by atoms with Gasteiger partial charge < -0.3 is 0 Å². The molecule has 0 fully saturated rings. The fourth-order valence-corrected chi connectivity index (χ4v) is 3.95. The zero-order valence-corrected chi connectivity index (χ0v) is 15.6. The van der Waals surface area contributed by atoms with Gasteiger partial charge in [0.1, 0.15) is 10.6 Å². The minimum atomic E-state index is -4.65. The second kappa shape index (κ2) is 6.87. The first-order valence-electron chi connectivity index (χ1n) is 6.18. The molecule has 0 aliphatic rings. The summed E-state index contributed by atoms with van der Waals surface area (Å²) in [6, 6.07) is 2.40. The van der Waals surface area contributed by atoms with E-state index in [4.69, 9.17) is 34.8 Å². The van der Waals surface area contributed by atoms with Crippen molar-refractivity contribution >= 4 is 62.0 Å². The Hall–Kier alpha value is -0.740. The lowest BCUT2D eigenvalue weighted by molar-refractivity contribution is -0.134. The predicted molar refractivity (Wildman–Crippen MR) is 90.7 cm³/mol. The Balaban J connectivity index is 2.58. The number of nitrogens with zero attached hydrogens (tertiary/aromatic N) is 1. The van der Waals surface area contributed by atoms with Gasteiger partial charge in [0, 0.05) is 5.56 Å². The number of nitrogens with one attached hydrogen (secondary N) is 1. The Labute approximate surface area is 154 Å². The van der Waals surface area contributed by atoms with E-state index < -0.39 is 26.1 Å². The van der Waals surface area contributed by atoms with Crippen molar-refractivity contribution in [2.45, 2.75) is 13.1 Å². The van der Waals surface area contributed by atoms with Crippen molar-refractivity contribution in [1.29, 1.82) is 0 Å². The van der Waals surface area contributed by atoms with Crippen LogP contribution in [0.2, 0.25) is 15.1 Å². The van der Waals surface area contributed by atoms with Crippen molar-refractivity contribution < 1.29 is 21.6 Å². The van der Waals surface area contributed by atoms with Crippen LogP contribution in [0.3, 0.4) is 0 Å². The first kappa shape index (κ1) is 19.6. The first-order chi connectivity index (χ1) is 11.0. The van der Waals surface area contributed by atoms with Crippen molar-refractivity contribution in [3.63, 3.8) is 0 Å². The molecule has 4 nitrogen and oxygen atoms in total. The molecule has 0 aliphatic heterocycles. The van der Waals surface area contributed by atoms with Crippen molar-refractivity contribution in [3.05, 3.63) is 32.1 Å². The van der Waals surface area contributed by atoms with E-state index in [0.29, 0.717) is 0 Å². The first-order valence-corrected chi connectivity index (χ1v) is 9.74. The van der Waals surface area contributed by atoms with Gasteiger partial charge in [0.15, 0.2) is 0 Å². The average molecular weight is 440 g/mol. The van der Waals surface area contributed by atoms with E-state index in [-0.39, 0.29) is 44.3 Å². The van der Waals surface area contributed by atoms with E-state index in [1.807, 2.05) is 0 Å². The molecule has 0 spiro atoms. The van der Waals surface area contributed by atoms with Gasteiger partial charge >= 0.3 is 6.18 Å². The van der Waals surface area contributed by atoms with Crippen molar-refractivity contribution in [2.24, 2.45) is 0 Å². The number of halogens is 6. The molecule has 0 saturated carbocycles. The summed E-state index contributed by atoms with van der Waals surface area (Å²) in [4.78, 5) is -1.07. The van der Waals surface area contributed by atoms with Crippen molar-refractivity contribution in [1.82, 2.24) is 4.37 Å². The zero-order chi connectivity index (χ0) is 18.3. The molecular weight excluding hydrogens is 432 g/mol. The minimum absolute atomic E-state index is 0.0110. The number of aromatic nitrogens is 1. The molecule has 2 aromatic rings. The number of benzene rings is 1. The highest BCUT2D eigenvalue weighted by atomic mass is 35.5. The summed E-state index contributed by atoms with van der Waals surface area (Å²) in [5.74, 6) is -0.211. The van der Waals surface area contributed by atoms with E-state index in [1.165, 1.54) is 19.1 Å². The van der Waals surface area contributed by atoms with Crippen LogP contribution in [0.4, 0.5) is 18.9 Å². The van der Waals surface area contributed by atoms with Gasteiger partial charge in [-0.3, -0.25) is 4.72 Å². The van der Waals surface area contributed by atoms with Gasteiger partial charge in [0.2, 0.25) is 10.0 Å². The van der Waals surface area contributed by atoms with Gasteiger partial charge in [-0.25, -0.2) is 8.42 Å². The third kappa shape index (κ3) is 4.08. The quantitative estimate of drug-likeness (QED) is 0.679. The fourth-order valence-electron chi connectivity index (χ4n) is 1.67. The van der Waals surface area contributed by atoms with Crippen LogP contribution in [0.1, 0.15) is 11.8 Å². The molecule has 0 amide bonds. The van der Waals surface area contributed by atoms with E-state index in [0.717, 1.165) is 0 Å². The molecule has 0 atom stereocenters. The zero-order valence-electron chi connectivity index (χ0n) is 11.7. The molecule has 0 aliphatic carbocycles. The van der Waals surface area contributed by atoms with Crippen molar-refractivity contribution in [2.75, 3.05) is 10.5 Å². The lowest BCUT2D eigenvalue weighted by atomic mass is 10.1. The Kier molecular flexibility index (Phi) is 5.61. The van der Waals surface area contributed by atoms with E-state index in [1.54, 1.807) is 0 Å². The third-order valence-electron chi connectivity index (χ3n) is 2.85. The maximum Gasteiger partial charge on any atom is 0.428 e. The number of hydrogen-bond acceptors (Lipinski definition) is 4. The molecule has 132 valence electrons. The number of alkyl halides is 3. The lowest BCUT2D eigenvalue weighted by Gasteiger charge is -2.11. The van der Waals surface area contributed by atoms with Crippen LogP contribution >= 0.6 is 46.3 Å². The highest BCUT2D eigenvalue weighted by molar-refractivity contribution is 7.92. The Morgan fingerprint density at radius 2 is 1.83 bits per heavy atom. The molecule has 12 heteroatoms. The molecule has 0 unspecified atom stereocenters. The van der Waals surface area contributed by atoms with Gasteiger partial charge in [-0.2, -0.15) is 17.5 Å². The minimum Gasteiger partial charge on any atom is -0.282 e. The smallest absolute Gasteiger partial charge is 0.282 e. The van der Waals surface area contributed by atoms with Crippen molar-refractivity contribution in [3.8, 4) is 11.3 Å². The van der Waals surface area contributed by atoms with Crippen LogP contribution in [-0.2, 0) is 16.2 Å². The predicted octanol–water partition coefficient (Wildman–Crippen LogP) is 5.55. The molecule has 1 aromatic heterocycles. The van der Waals surface area contributed by atoms with Crippen LogP contribution in [0.25, 0.3) is 11.3 Å². The van der Waals surface area contributed by atoms with Crippen LogP contribution in [0.15, 0.2) is 12.1 Å². The van der Waals surface area contributed by atoms with Gasteiger partial charge in [0.25, 0.3) is 0 Å². The molecule has 24 heavy (non-hydrogen) atoms. The molecule has 2 rings (SSSR count). The summed E-state index contributed by atoms with van der Waals surface area (Å²) in [5.41, 5.74) is -0.199. The molecular formula is C12H8Cl3F3N2O2S2. The van der Waals surface area contributed by atoms with Crippen LogP contribution < -0.4 is 4.72 Å². The number of rotatable bonds is 4. The third-order valence-corrected chi connectivity index (χ3v) is 6.14. The van der Waals surface area contributed by atoms with E-state index in [9.17, 15) is 21.6 Å². The van der Waals surface area contributed by atoms with Gasteiger partial charge in [-0.1, -0.05) is 34.8 Å². The highest BCUT2D eigenvalue weighted by Crippen LogP contribution is 2.45. The number of hydrogen-bond donors (Lipinski definition) is 1. The van der Waals surface area contributed by atoms with Crippen LogP contribution in [0, 0.1) is 0 Å². The monoisotopic (exact) mass is 438 g/mol. The summed E-state index contributed by atoms with van der Waals surface area (Å²) in [6.07, 6.45) is -4.65. The summed E-state index contributed by atoms with van der Waals surface area (Å²) < 4.78 is 67.7. The normalized spacial score (nSPS) is 12.5. The van der Waals surface area contributed by atoms with Gasteiger partial charge in [-0.05, 0) is 30.6 Å². The SMILES string of the molecule is CCS(=O)(=O)Nc1cc(-c2nsc(C(F)(F)F)c2Cl)c(Cl)cc1Cl. The van der Waals surface area contributed by atoms with E-state index >= 15 is 0 Å². The summed E-state index contributed by atoms with van der Waals surface area (Å²) in [6.45, 7) is 1.42. The number of anilines is 1. The lowest BCUT2D eigenvalue weighted by Crippen LogP contribution is -2.15. The van der Waals surface area contributed by atoms with Gasteiger partial charge in [0.05, 0.1) is 26.5 Å². The Morgan fingerprint density at radius 3 is 2.33 bits per heavy atom. The highest BCUT2D eigenvalue weighted by Gasteiger charge is 2.37. The maximum atomic E-state index is 12.8. The number of sulfonamides is 1. The summed E-state index contributed by atoms with van der Waals surface area (Å²) >= 11 is 17.9. The Bertz CT molecular complexity index is 882. The molecule has 0 saturated heterocycles. The molecule has 1 aromatic carbocycles. The summed E-state index contributed by atoms with van der Waals surface area (Å²) in [7, 11) is -3.64. The van der Waals surface area contributed by atoms with Crippen LogP contribution in [-0.4, -0.2) is 18.5 Å². The van der Waals surface area contributed by atoms with Gasteiger partial charge in [-0.15, -0.1) is 0 Å². The maximum absolute atomic E-state index is 12.8. The largest absolute Gasteiger partial charge is 0.428 e. The molecule has 0 bridgehead atoms. The fraction of sp³-hybridized carbons (Fsp3) is 0.250. The summed E-state index contributed by atoms with van der Waals surface area (Å²) in [5, 5.41) is -0.635. The molecule has 1 heterocycles. The Morgan fingerprint density at radius 1 is 1.21 bits per heavy atom. The second-order valence-electron chi connectivity index (χ2n) is 4.49. The van der Waals surface area contributed by atoms with E-state index in [2.05, 4.69) is 9.10 Å². The van der Waals surface area contributed by atoms with Crippen LogP contribution in [0.5, 0.6) is 0 Å². The average Bonchev–Trinajstić information content (AvgIpc) is 2.83. The topological polar surface area (TPSA) is 59.1 Å².